The van der Waals surface area contributed by atoms with Crippen molar-refractivity contribution in [2.75, 3.05) is 20.4 Å². The van der Waals surface area contributed by atoms with E-state index >= 15 is 0 Å². The number of imidazole rings is 1. The molecule has 0 aliphatic carbocycles. The van der Waals surface area contributed by atoms with Gasteiger partial charge in [-0.05, 0) is 37.5 Å². The molecule has 5 rings (SSSR count). The van der Waals surface area contributed by atoms with Gasteiger partial charge in [0, 0.05) is 35.9 Å². The molecule has 160 valence electrons. The van der Waals surface area contributed by atoms with E-state index < -0.39 is 5.54 Å². The van der Waals surface area contributed by atoms with Crippen LogP contribution in [0.3, 0.4) is 0 Å². The SMILES string of the molecule is CN1C(=O)C2(CCCCOCOc3ccc(-c4csc(-n5ccnc5)n4)cc32)N=C1N. The minimum Gasteiger partial charge on any atom is -0.467 e. The predicted molar refractivity (Wildman–Crippen MR) is 116 cm³/mol. The highest BCUT2D eigenvalue weighted by atomic mass is 32.1. The Bertz CT molecular complexity index is 1140. The summed E-state index contributed by atoms with van der Waals surface area (Å²) in [4.78, 5) is 28.2. The maximum Gasteiger partial charge on any atom is 0.261 e. The number of nitrogens with two attached hydrogens (primary N) is 1. The predicted octanol–water partition coefficient (Wildman–Crippen LogP) is 2.51. The number of hydrogen-bond donors (Lipinski definition) is 1. The van der Waals surface area contributed by atoms with E-state index in [1.165, 1.54) is 16.2 Å². The maximum absolute atomic E-state index is 13.3. The van der Waals surface area contributed by atoms with Gasteiger partial charge in [0.25, 0.3) is 5.91 Å². The van der Waals surface area contributed by atoms with Crippen LogP contribution in [0.15, 0.2) is 47.3 Å². The molecule has 1 atom stereocenters. The van der Waals surface area contributed by atoms with Crippen LogP contribution in [-0.4, -0.2) is 51.7 Å². The third kappa shape index (κ3) is 3.37. The zero-order valence-electron chi connectivity index (χ0n) is 17.0. The molecule has 1 amide bonds. The van der Waals surface area contributed by atoms with E-state index in [9.17, 15) is 4.79 Å². The summed E-state index contributed by atoms with van der Waals surface area (Å²) in [5.41, 5.74) is 7.32. The number of guanidine groups is 1. The van der Waals surface area contributed by atoms with Crippen LogP contribution in [0.2, 0.25) is 0 Å². The van der Waals surface area contributed by atoms with Gasteiger partial charge in [0.15, 0.2) is 23.4 Å². The van der Waals surface area contributed by atoms with Gasteiger partial charge in [-0.2, -0.15) is 0 Å². The van der Waals surface area contributed by atoms with Gasteiger partial charge in [-0.15, -0.1) is 11.3 Å². The number of nitrogens with zero attached hydrogens (tertiary/aromatic N) is 5. The molecular weight excluding hydrogens is 416 g/mol. The Morgan fingerprint density at radius 1 is 1.29 bits per heavy atom. The first kappa shape index (κ1) is 19.7. The number of thiazole rings is 1. The number of carbonyl (C=O) groups excluding carboxylic acids is 1. The molecule has 0 bridgehead atoms. The van der Waals surface area contributed by atoms with E-state index in [1.54, 1.807) is 19.6 Å². The maximum atomic E-state index is 13.3. The van der Waals surface area contributed by atoms with Gasteiger partial charge in [-0.1, -0.05) is 0 Å². The van der Waals surface area contributed by atoms with Gasteiger partial charge in [0.05, 0.1) is 12.3 Å². The molecule has 2 N–H and O–H groups in total. The number of aliphatic imine (C=N–C) groups is 1. The van der Waals surface area contributed by atoms with Crippen molar-refractivity contribution < 1.29 is 14.3 Å². The number of hydrogen-bond acceptors (Lipinski definition) is 8. The van der Waals surface area contributed by atoms with Gasteiger partial charge < -0.3 is 15.2 Å². The van der Waals surface area contributed by atoms with Crippen molar-refractivity contribution in [1.29, 1.82) is 0 Å². The van der Waals surface area contributed by atoms with Crippen LogP contribution in [0, 0.1) is 0 Å². The molecular formula is C21H22N6O3S. The summed E-state index contributed by atoms with van der Waals surface area (Å²) in [6.45, 7) is 0.690. The van der Waals surface area contributed by atoms with Crippen molar-refractivity contribution in [2.24, 2.45) is 10.7 Å². The van der Waals surface area contributed by atoms with Gasteiger partial charge in [-0.3, -0.25) is 14.3 Å². The zero-order chi connectivity index (χ0) is 21.4. The summed E-state index contributed by atoms with van der Waals surface area (Å²) in [5, 5.41) is 2.79. The largest absolute Gasteiger partial charge is 0.467 e. The van der Waals surface area contributed by atoms with Crippen molar-refractivity contribution in [2.45, 2.75) is 24.8 Å². The summed E-state index contributed by atoms with van der Waals surface area (Å²) in [5.74, 6) is 0.632. The lowest BCUT2D eigenvalue weighted by molar-refractivity contribution is -0.131. The van der Waals surface area contributed by atoms with Crippen LogP contribution in [-0.2, 0) is 15.1 Å². The summed E-state index contributed by atoms with van der Waals surface area (Å²) >= 11 is 1.52. The number of rotatable bonds is 2. The quantitative estimate of drug-likeness (QED) is 0.659. The number of aromatic nitrogens is 3. The fourth-order valence-electron chi connectivity index (χ4n) is 3.95. The molecule has 0 saturated carbocycles. The third-order valence-corrected chi connectivity index (χ3v) is 6.47. The number of fused-ring (bicyclic) bond motifs is 2. The van der Waals surface area contributed by atoms with Crippen LogP contribution >= 0.6 is 11.3 Å². The first-order valence-electron chi connectivity index (χ1n) is 10.0. The summed E-state index contributed by atoms with van der Waals surface area (Å²) in [6, 6.07) is 5.73. The van der Waals surface area contributed by atoms with Crippen molar-refractivity contribution in [1.82, 2.24) is 19.4 Å². The second kappa shape index (κ2) is 7.78. The lowest BCUT2D eigenvalue weighted by atomic mass is 9.83. The normalized spacial score (nSPS) is 21.6. The molecule has 3 aromatic rings. The second-order valence-corrected chi connectivity index (χ2v) is 8.35. The Balaban J connectivity index is 1.62. The third-order valence-electron chi connectivity index (χ3n) is 5.62. The fourth-order valence-corrected chi connectivity index (χ4v) is 4.73. The Hall–Kier alpha value is -3.24. The fraction of sp³-hybridized carbons (Fsp3) is 0.333. The molecule has 0 radical (unpaired) electrons. The highest BCUT2D eigenvalue weighted by Crippen LogP contribution is 2.44. The molecule has 2 aromatic heterocycles. The summed E-state index contributed by atoms with van der Waals surface area (Å²) in [7, 11) is 1.65. The van der Waals surface area contributed by atoms with Gasteiger partial charge in [-0.25, -0.2) is 15.0 Å². The molecule has 0 fully saturated rings. The second-order valence-electron chi connectivity index (χ2n) is 7.52. The average Bonchev–Trinajstić information content (AvgIpc) is 3.52. The lowest BCUT2D eigenvalue weighted by Crippen LogP contribution is -2.41. The minimum atomic E-state index is -1.11. The first-order valence-corrected chi connectivity index (χ1v) is 10.9. The van der Waals surface area contributed by atoms with Gasteiger partial charge in [0.2, 0.25) is 0 Å². The van der Waals surface area contributed by atoms with E-state index in [-0.39, 0.29) is 18.7 Å². The smallest absolute Gasteiger partial charge is 0.261 e. The van der Waals surface area contributed by atoms with Gasteiger partial charge in [0.1, 0.15) is 12.1 Å². The molecule has 10 heteroatoms. The van der Waals surface area contributed by atoms with E-state index in [0.717, 1.165) is 29.2 Å². The highest BCUT2D eigenvalue weighted by molar-refractivity contribution is 7.12. The van der Waals surface area contributed by atoms with E-state index in [1.807, 2.05) is 34.3 Å². The number of likely N-dealkylation sites (N-methyl/N-ethyl adjacent to an activating group) is 1. The van der Waals surface area contributed by atoms with Crippen molar-refractivity contribution in [3.63, 3.8) is 0 Å². The van der Waals surface area contributed by atoms with Crippen LogP contribution in [0.1, 0.15) is 24.8 Å². The Morgan fingerprint density at radius 3 is 2.97 bits per heavy atom. The monoisotopic (exact) mass is 438 g/mol. The van der Waals surface area contributed by atoms with Crippen molar-refractivity contribution in [3.05, 3.63) is 47.9 Å². The van der Waals surface area contributed by atoms with Crippen LogP contribution < -0.4 is 10.5 Å². The van der Waals surface area contributed by atoms with E-state index in [0.29, 0.717) is 24.3 Å². The molecule has 4 heterocycles. The highest BCUT2D eigenvalue weighted by Gasteiger charge is 2.49. The molecule has 1 spiro atoms. The number of amides is 1. The number of carbonyl (C=O) groups is 1. The van der Waals surface area contributed by atoms with E-state index in [2.05, 4.69) is 9.98 Å². The Kier molecular flexibility index (Phi) is 4.95. The molecule has 1 unspecified atom stereocenters. The average molecular weight is 439 g/mol. The minimum absolute atomic E-state index is 0.118. The summed E-state index contributed by atoms with van der Waals surface area (Å²) in [6.07, 6.45) is 7.39. The Morgan fingerprint density at radius 2 is 2.19 bits per heavy atom. The molecule has 9 nitrogen and oxygen atoms in total. The van der Waals surface area contributed by atoms with Crippen molar-refractivity contribution >= 4 is 23.2 Å². The van der Waals surface area contributed by atoms with Crippen LogP contribution in [0.4, 0.5) is 0 Å². The zero-order valence-corrected chi connectivity index (χ0v) is 17.8. The van der Waals surface area contributed by atoms with Crippen molar-refractivity contribution in [3.8, 4) is 22.1 Å². The topological polar surface area (TPSA) is 108 Å². The first-order chi connectivity index (χ1) is 15.1. The van der Waals surface area contributed by atoms with E-state index in [4.69, 9.17) is 20.2 Å². The Labute approximate surface area is 183 Å². The molecule has 1 aromatic carbocycles. The standard InChI is InChI=1S/C21H22N6O3S/c1-26-18(28)21(25-19(26)22)6-2-3-9-29-13-30-17-5-4-14(10-15(17)21)16-11-31-20(24-16)27-8-7-23-12-27/h4-5,7-8,10-12H,2-3,6,9,13H2,1H3,(H2,22,25). The van der Waals surface area contributed by atoms with Crippen LogP contribution in [0.5, 0.6) is 5.75 Å². The lowest BCUT2D eigenvalue weighted by Gasteiger charge is -2.28. The molecule has 2 aliphatic rings. The number of ether oxygens (including phenoxy) is 2. The van der Waals surface area contributed by atoms with Crippen LogP contribution in [0.25, 0.3) is 16.4 Å². The molecule has 31 heavy (non-hydrogen) atoms. The number of benzene rings is 1. The molecule has 2 aliphatic heterocycles. The summed E-state index contributed by atoms with van der Waals surface area (Å²) < 4.78 is 13.3. The van der Waals surface area contributed by atoms with Gasteiger partial charge >= 0.3 is 0 Å². The molecule has 0 saturated heterocycles.